The number of carbonyl (C=O) groups is 1. The molecule has 3 rings (SSSR count). The number of nitrogens with zero attached hydrogens (tertiary/aromatic N) is 1. The normalized spacial score (nSPS) is 13.9. The minimum atomic E-state index is -0.0273. The molecule has 2 N–H and O–H groups in total. The van der Waals surface area contributed by atoms with E-state index in [-0.39, 0.29) is 5.91 Å². The summed E-state index contributed by atoms with van der Waals surface area (Å²) in [4.78, 5) is 14.5. The Bertz CT molecular complexity index is 669. The van der Waals surface area contributed by atoms with E-state index in [1.807, 2.05) is 23.1 Å². The molecule has 0 aromatic heterocycles. The molecular weight excluding hydrogens is 272 g/mol. The summed E-state index contributed by atoms with van der Waals surface area (Å²) in [5, 5.41) is 0.473. The van der Waals surface area contributed by atoms with Crippen LogP contribution in [0.1, 0.15) is 22.3 Å². The Morgan fingerprint density at radius 1 is 1.20 bits per heavy atom. The van der Waals surface area contributed by atoms with Crippen LogP contribution in [0.25, 0.3) is 0 Å². The SMILES string of the molecule is Nc1cc(C(=O)N2CCCc3ccccc32)ccc1Cl. The second-order valence-corrected chi connectivity index (χ2v) is 5.33. The molecule has 2 aromatic carbocycles. The van der Waals surface area contributed by atoms with E-state index in [1.165, 1.54) is 5.56 Å². The van der Waals surface area contributed by atoms with Crippen molar-refractivity contribution in [3.05, 3.63) is 58.6 Å². The van der Waals surface area contributed by atoms with Crippen LogP contribution < -0.4 is 10.6 Å². The second-order valence-electron chi connectivity index (χ2n) is 4.93. The van der Waals surface area contributed by atoms with Crippen LogP contribution in [0.15, 0.2) is 42.5 Å². The summed E-state index contributed by atoms with van der Waals surface area (Å²) >= 11 is 5.90. The molecule has 20 heavy (non-hydrogen) atoms. The van der Waals surface area contributed by atoms with Crippen LogP contribution >= 0.6 is 11.6 Å². The van der Waals surface area contributed by atoms with Crippen molar-refractivity contribution in [2.75, 3.05) is 17.2 Å². The van der Waals surface area contributed by atoms with Crippen LogP contribution in [-0.4, -0.2) is 12.5 Å². The molecule has 0 spiro atoms. The fourth-order valence-corrected chi connectivity index (χ4v) is 2.69. The standard InChI is InChI=1S/C16H15ClN2O/c17-13-8-7-12(10-14(13)18)16(20)19-9-3-5-11-4-1-2-6-15(11)19/h1-2,4,6-8,10H,3,5,9,18H2. The molecule has 0 atom stereocenters. The predicted octanol–water partition coefficient (Wildman–Crippen LogP) is 3.52. The third-order valence-electron chi connectivity index (χ3n) is 3.60. The van der Waals surface area contributed by atoms with Crippen LogP contribution in [0.4, 0.5) is 11.4 Å². The van der Waals surface area contributed by atoms with Gasteiger partial charge in [0.1, 0.15) is 0 Å². The molecular formula is C16H15ClN2O. The lowest BCUT2D eigenvalue weighted by atomic mass is 10.0. The Kier molecular flexibility index (Phi) is 3.36. The van der Waals surface area contributed by atoms with Crippen molar-refractivity contribution in [3.63, 3.8) is 0 Å². The van der Waals surface area contributed by atoms with Gasteiger partial charge in [-0.2, -0.15) is 0 Å². The van der Waals surface area contributed by atoms with E-state index in [0.717, 1.165) is 25.1 Å². The molecule has 0 fully saturated rings. The van der Waals surface area contributed by atoms with Gasteiger partial charge in [-0.3, -0.25) is 4.79 Å². The third-order valence-corrected chi connectivity index (χ3v) is 3.94. The maximum absolute atomic E-state index is 12.7. The van der Waals surface area contributed by atoms with Crippen molar-refractivity contribution < 1.29 is 4.79 Å². The molecule has 1 aliphatic rings. The van der Waals surface area contributed by atoms with Crippen molar-refractivity contribution in [1.29, 1.82) is 0 Å². The van der Waals surface area contributed by atoms with Gasteiger partial charge in [0.05, 0.1) is 10.7 Å². The van der Waals surface area contributed by atoms with E-state index in [0.29, 0.717) is 16.3 Å². The van der Waals surface area contributed by atoms with E-state index in [1.54, 1.807) is 18.2 Å². The van der Waals surface area contributed by atoms with Gasteiger partial charge in [-0.25, -0.2) is 0 Å². The maximum atomic E-state index is 12.7. The topological polar surface area (TPSA) is 46.3 Å². The first kappa shape index (κ1) is 13.0. The Morgan fingerprint density at radius 3 is 2.80 bits per heavy atom. The Hall–Kier alpha value is -2.00. The minimum absolute atomic E-state index is 0.0273. The van der Waals surface area contributed by atoms with Gasteiger partial charge in [-0.05, 0) is 42.7 Å². The highest BCUT2D eigenvalue weighted by Crippen LogP contribution is 2.29. The summed E-state index contributed by atoms with van der Waals surface area (Å²) in [5.41, 5.74) is 9.00. The van der Waals surface area contributed by atoms with Crippen molar-refractivity contribution in [2.24, 2.45) is 0 Å². The number of para-hydroxylation sites is 1. The smallest absolute Gasteiger partial charge is 0.258 e. The average molecular weight is 287 g/mol. The second kappa shape index (κ2) is 5.17. The molecule has 0 saturated heterocycles. The number of fused-ring (bicyclic) bond motifs is 1. The lowest BCUT2D eigenvalue weighted by Gasteiger charge is -2.29. The van der Waals surface area contributed by atoms with E-state index in [9.17, 15) is 4.79 Å². The van der Waals surface area contributed by atoms with Crippen molar-refractivity contribution in [3.8, 4) is 0 Å². The van der Waals surface area contributed by atoms with Crippen LogP contribution in [0, 0.1) is 0 Å². The number of nitrogens with two attached hydrogens (primary N) is 1. The zero-order chi connectivity index (χ0) is 14.1. The van der Waals surface area contributed by atoms with Gasteiger partial charge in [0.25, 0.3) is 5.91 Å². The zero-order valence-electron chi connectivity index (χ0n) is 11.0. The van der Waals surface area contributed by atoms with Gasteiger partial charge < -0.3 is 10.6 Å². The maximum Gasteiger partial charge on any atom is 0.258 e. The van der Waals surface area contributed by atoms with Crippen LogP contribution in [0.5, 0.6) is 0 Å². The molecule has 1 aliphatic heterocycles. The number of aryl methyl sites for hydroxylation is 1. The Morgan fingerprint density at radius 2 is 2.00 bits per heavy atom. The average Bonchev–Trinajstić information content (AvgIpc) is 2.49. The van der Waals surface area contributed by atoms with E-state index in [2.05, 4.69) is 6.07 Å². The van der Waals surface area contributed by atoms with E-state index in [4.69, 9.17) is 17.3 Å². The predicted molar refractivity (Wildman–Crippen MR) is 82.3 cm³/mol. The molecule has 0 aliphatic carbocycles. The number of nitrogen functional groups attached to an aromatic ring is 1. The molecule has 2 aromatic rings. The minimum Gasteiger partial charge on any atom is -0.398 e. The number of carbonyl (C=O) groups excluding carboxylic acids is 1. The van der Waals surface area contributed by atoms with Crippen molar-refractivity contribution >= 4 is 28.9 Å². The summed E-state index contributed by atoms with van der Waals surface area (Å²) in [6, 6.07) is 13.1. The van der Waals surface area contributed by atoms with Crippen molar-refractivity contribution in [2.45, 2.75) is 12.8 Å². The lowest BCUT2D eigenvalue weighted by Crippen LogP contribution is -2.35. The summed E-state index contributed by atoms with van der Waals surface area (Å²) in [6.07, 6.45) is 1.99. The van der Waals surface area contributed by atoms with E-state index < -0.39 is 0 Å². The fourth-order valence-electron chi connectivity index (χ4n) is 2.58. The first-order chi connectivity index (χ1) is 9.66. The van der Waals surface area contributed by atoms with Crippen LogP contribution in [0.3, 0.4) is 0 Å². The van der Waals surface area contributed by atoms with Gasteiger partial charge in [-0.15, -0.1) is 0 Å². The summed E-state index contributed by atoms with van der Waals surface area (Å²) in [5.74, 6) is -0.0273. The zero-order valence-corrected chi connectivity index (χ0v) is 11.7. The highest BCUT2D eigenvalue weighted by atomic mass is 35.5. The molecule has 0 bridgehead atoms. The lowest BCUT2D eigenvalue weighted by molar-refractivity contribution is 0.0985. The Balaban J connectivity index is 1.97. The van der Waals surface area contributed by atoms with Gasteiger partial charge in [-0.1, -0.05) is 29.8 Å². The Labute approximate surface area is 123 Å². The number of anilines is 2. The first-order valence-corrected chi connectivity index (χ1v) is 6.99. The molecule has 1 heterocycles. The largest absolute Gasteiger partial charge is 0.398 e. The number of halogens is 1. The quantitative estimate of drug-likeness (QED) is 0.816. The van der Waals surface area contributed by atoms with Gasteiger partial charge >= 0.3 is 0 Å². The summed E-state index contributed by atoms with van der Waals surface area (Å²) in [6.45, 7) is 0.735. The number of hydrogen-bond donors (Lipinski definition) is 1. The molecule has 0 unspecified atom stereocenters. The van der Waals surface area contributed by atoms with Gasteiger partial charge in [0.15, 0.2) is 0 Å². The van der Waals surface area contributed by atoms with Crippen molar-refractivity contribution in [1.82, 2.24) is 0 Å². The number of hydrogen-bond acceptors (Lipinski definition) is 2. The molecule has 0 radical (unpaired) electrons. The number of benzene rings is 2. The summed E-state index contributed by atoms with van der Waals surface area (Å²) in [7, 11) is 0. The molecule has 3 nitrogen and oxygen atoms in total. The molecule has 4 heteroatoms. The fraction of sp³-hybridized carbons (Fsp3) is 0.188. The number of amides is 1. The monoisotopic (exact) mass is 286 g/mol. The van der Waals surface area contributed by atoms with E-state index >= 15 is 0 Å². The highest BCUT2D eigenvalue weighted by molar-refractivity contribution is 6.33. The van der Waals surface area contributed by atoms with Gasteiger partial charge in [0, 0.05) is 17.8 Å². The molecule has 1 amide bonds. The first-order valence-electron chi connectivity index (χ1n) is 6.61. The molecule has 102 valence electrons. The number of rotatable bonds is 1. The van der Waals surface area contributed by atoms with Crippen LogP contribution in [0.2, 0.25) is 5.02 Å². The summed E-state index contributed by atoms with van der Waals surface area (Å²) < 4.78 is 0. The van der Waals surface area contributed by atoms with Gasteiger partial charge in [0.2, 0.25) is 0 Å². The third kappa shape index (κ3) is 2.25. The highest BCUT2D eigenvalue weighted by Gasteiger charge is 2.23. The molecule has 0 saturated carbocycles. The van der Waals surface area contributed by atoms with Crippen LogP contribution in [-0.2, 0) is 6.42 Å².